The lowest BCUT2D eigenvalue weighted by atomic mass is 10.0. The molecule has 0 aliphatic heterocycles. The molecule has 3 rings (SSSR count). The zero-order valence-corrected chi connectivity index (χ0v) is 11.1. The van der Waals surface area contributed by atoms with E-state index < -0.39 is 0 Å². The standard InChI is InChI=1S/C15H15ClFN/c1-9-7-11-14(8-12(9)17)18-13-6-4-2-3-5-10(13)15(11)16/h7-8H,2-6H2,1H3. The summed E-state index contributed by atoms with van der Waals surface area (Å²) < 4.78 is 13.6. The predicted octanol–water partition coefficient (Wildman–Crippen LogP) is 4.60. The van der Waals surface area contributed by atoms with Crippen molar-refractivity contribution in [1.29, 1.82) is 0 Å². The molecule has 1 nitrogen and oxygen atoms in total. The first-order valence-corrected chi connectivity index (χ1v) is 6.81. The summed E-state index contributed by atoms with van der Waals surface area (Å²) in [6, 6.07) is 3.31. The van der Waals surface area contributed by atoms with Crippen LogP contribution in [0.3, 0.4) is 0 Å². The van der Waals surface area contributed by atoms with Crippen LogP contribution in [0.4, 0.5) is 4.39 Å². The Hall–Kier alpha value is -1.15. The summed E-state index contributed by atoms with van der Waals surface area (Å²) in [6.45, 7) is 1.76. The van der Waals surface area contributed by atoms with Crippen molar-refractivity contribution >= 4 is 22.5 Å². The van der Waals surface area contributed by atoms with Crippen molar-refractivity contribution in [3.8, 4) is 0 Å². The lowest BCUT2D eigenvalue weighted by Crippen LogP contribution is -1.99. The number of hydrogen-bond donors (Lipinski definition) is 0. The average Bonchev–Trinajstić information content (AvgIpc) is 2.58. The summed E-state index contributed by atoms with van der Waals surface area (Å²) in [5.74, 6) is -0.209. The highest BCUT2D eigenvalue weighted by Crippen LogP contribution is 2.33. The van der Waals surface area contributed by atoms with Crippen LogP contribution in [0.25, 0.3) is 10.9 Å². The lowest BCUT2D eigenvalue weighted by Gasteiger charge is -2.11. The SMILES string of the molecule is Cc1cc2c(Cl)c3c(nc2cc1F)CCCCC3. The summed E-state index contributed by atoms with van der Waals surface area (Å²) in [5, 5.41) is 1.66. The smallest absolute Gasteiger partial charge is 0.128 e. The molecule has 0 N–H and O–H groups in total. The largest absolute Gasteiger partial charge is 0.252 e. The lowest BCUT2D eigenvalue weighted by molar-refractivity contribution is 0.620. The third kappa shape index (κ3) is 1.89. The Labute approximate surface area is 111 Å². The number of rotatable bonds is 0. The first kappa shape index (κ1) is 11.9. The van der Waals surface area contributed by atoms with Gasteiger partial charge in [-0.3, -0.25) is 4.98 Å². The number of pyridine rings is 1. The molecule has 0 amide bonds. The predicted molar refractivity (Wildman–Crippen MR) is 72.7 cm³/mol. The quantitative estimate of drug-likeness (QED) is 0.633. The van der Waals surface area contributed by atoms with Gasteiger partial charge in [-0.2, -0.15) is 0 Å². The van der Waals surface area contributed by atoms with E-state index >= 15 is 0 Å². The molecule has 0 saturated carbocycles. The van der Waals surface area contributed by atoms with E-state index in [-0.39, 0.29) is 5.82 Å². The maximum atomic E-state index is 13.6. The van der Waals surface area contributed by atoms with E-state index in [1.54, 1.807) is 6.92 Å². The maximum absolute atomic E-state index is 13.6. The molecule has 0 fully saturated rings. The molecule has 3 heteroatoms. The summed E-state index contributed by atoms with van der Waals surface area (Å²) in [4.78, 5) is 4.61. The third-order valence-electron chi connectivity index (χ3n) is 3.72. The van der Waals surface area contributed by atoms with Crippen molar-refractivity contribution < 1.29 is 4.39 Å². The van der Waals surface area contributed by atoms with E-state index in [0.717, 1.165) is 35.4 Å². The molecular formula is C15H15ClFN. The van der Waals surface area contributed by atoms with Crippen molar-refractivity contribution in [3.63, 3.8) is 0 Å². The second kappa shape index (κ2) is 4.51. The highest BCUT2D eigenvalue weighted by molar-refractivity contribution is 6.36. The monoisotopic (exact) mass is 263 g/mol. The maximum Gasteiger partial charge on any atom is 0.128 e. The number of fused-ring (bicyclic) bond motifs is 2. The molecule has 1 aromatic heterocycles. The van der Waals surface area contributed by atoms with Crippen molar-refractivity contribution in [1.82, 2.24) is 4.98 Å². The number of benzene rings is 1. The Kier molecular flexibility index (Phi) is 2.98. The zero-order chi connectivity index (χ0) is 12.7. The molecule has 0 bridgehead atoms. The fourth-order valence-corrected chi connectivity index (χ4v) is 3.03. The van der Waals surface area contributed by atoms with Gasteiger partial charge in [-0.15, -0.1) is 0 Å². The molecule has 1 aliphatic rings. The van der Waals surface area contributed by atoms with Gasteiger partial charge in [0.2, 0.25) is 0 Å². The number of nitrogens with zero attached hydrogens (tertiary/aromatic N) is 1. The summed E-state index contributed by atoms with van der Waals surface area (Å²) in [6.07, 6.45) is 5.49. The van der Waals surface area contributed by atoms with E-state index in [9.17, 15) is 4.39 Å². The van der Waals surface area contributed by atoms with E-state index in [0.29, 0.717) is 11.1 Å². The summed E-state index contributed by atoms with van der Waals surface area (Å²) in [5.41, 5.74) is 3.55. The van der Waals surface area contributed by atoms with Gasteiger partial charge in [0.25, 0.3) is 0 Å². The Morgan fingerprint density at radius 2 is 1.94 bits per heavy atom. The molecule has 0 saturated heterocycles. The van der Waals surface area contributed by atoms with Gasteiger partial charge in [0.05, 0.1) is 10.5 Å². The first-order chi connectivity index (χ1) is 8.66. The van der Waals surface area contributed by atoms with Crippen molar-refractivity contribution in [2.24, 2.45) is 0 Å². The number of halogens is 2. The van der Waals surface area contributed by atoms with Gasteiger partial charge < -0.3 is 0 Å². The normalized spacial score (nSPS) is 15.5. The number of hydrogen-bond acceptors (Lipinski definition) is 1. The van der Waals surface area contributed by atoms with Gasteiger partial charge in [-0.1, -0.05) is 18.0 Å². The van der Waals surface area contributed by atoms with Gasteiger partial charge in [-0.25, -0.2) is 4.39 Å². The fourth-order valence-electron chi connectivity index (χ4n) is 2.67. The van der Waals surface area contributed by atoms with Crippen LogP contribution in [-0.4, -0.2) is 4.98 Å². The minimum Gasteiger partial charge on any atom is -0.252 e. The van der Waals surface area contributed by atoms with Crippen LogP contribution in [0, 0.1) is 12.7 Å². The first-order valence-electron chi connectivity index (χ1n) is 6.44. The Bertz CT molecular complexity index is 622. The fraction of sp³-hybridized carbons (Fsp3) is 0.400. The summed E-state index contributed by atoms with van der Waals surface area (Å²) >= 11 is 6.49. The Morgan fingerprint density at radius 1 is 1.17 bits per heavy atom. The molecule has 18 heavy (non-hydrogen) atoms. The minimum atomic E-state index is -0.209. The minimum absolute atomic E-state index is 0.209. The molecule has 1 aromatic carbocycles. The molecule has 94 valence electrons. The summed E-state index contributed by atoms with van der Waals surface area (Å²) in [7, 11) is 0. The second-order valence-corrected chi connectivity index (χ2v) is 5.41. The van der Waals surface area contributed by atoms with E-state index in [4.69, 9.17) is 11.6 Å². The molecule has 1 aliphatic carbocycles. The van der Waals surface area contributed by atoms with Crippen molar-refractivity contribution in [2.75, 3.05) is 0 Å². The van der Waals surface area contributed by atoms with Crippen LogP contribution in [0.15, 0.2) is 12.1 Å². The molecule has 0 atom stereocenters. The van der Waals surface area contributed by atoms with Crippen LogP contribution in [0.1, 0.15) is 36.1 Å². The van der Waals surface area contributed by atoms with Crippen LogP contribution >= 0.6 is 11.6 Å². The van der Waals surface area contributed by atoms with Gasteiger partial charge in [0, 0.05) is 17.1 Å². The van der Waals surface area contributed by atoms with E-state index in [1.807, 2.05) is 6.07 Å². The molecular weight excluding hydrogens is 249 g/mol. The van der Waals surface area contributed by atoms with Gasteiger partial charge in [0.15, 0.2) is 0 Å². The van der Waals surface area contributed by atoms with E-state index in [2.05, 4.69) is 4.98 Å². The van der Waals surface area contributed by atoms with Crippen LogP contribution in [0.5, 0.6) is 0 Å². The van der Waals surface area contributed by atoms with Crippen molar-refractivity contribution in [3.05, 3.63) is 39.8 Å². The van der Waals surface area contributed by atoms with Crippen LogP contribution in [0.2, 0.25) is 5.02 Å². The van der Waals surface area contributed by atoms with Crippen LogP contribution in [-0.2, 0) is 12.8 Å². The van der Waals surface area contributed by atoms with E-state index in [1.165, 1.54) is 24.5 Å². The molecule has 0 spiro atoms. The van der Waals surface area contributed by atoms with Gasteiger partial charge in [-0.05, 0) is 49.8 Å². The van der Waals surface area contributed by atoms with Gasteiger partial charge in [0.1, 0.15) is 5.82 Å². The van der Waals surface area contributed by atoms with Gasteiger partial charge >= 0.3 is 0 Å². The topological polar surface area (TPSA) is 12.9 Å². The highest BCUT2D eigenvalue weighted by Gasteiger charge is 2.16. The average molecular weight is 264 g/mol. The number of aromatic nitrogens is 1. The third-order valence-corrected chi connectivity index (χ3v) is 4.15. The molecule has 1 heterocycles. The Balaban J connectivity index is 2.31. The second-order valence-electron chi connectivity index (χ2n) is 5.03. The molecule has 0 unspecified atom stereocenters. The zero-order valence-electron chi connectivity index (χ0n) is 10.4. The molecule has 0 radical (unpaired) electrons. The number of aryl methyl sites for hydroxylation is 2. The van der Waals surface area contributed by atoms with Crippen LogP contribution < -0.4 is 0 Å². The highest BCUT2D eigenvalue weighted by atomic mass is 35.5. The van der Waals surface area contributed by atoms with Crippen molar-refractivity contribution in [2.45, 2.75) is 39.0 Å². The molecule has 2 aromatic rings. The Morgan fingerprint density at radius 3 is 2.78 bits per heavy atom.